The molecule has 6 nitrogen and oxygen atoms in total. The van der Waals surface area contributed by atoms with Crippen molar-refractivity contribution in [1.29, 1.82) is 0 Å². The zero-order valence-corrected chi connectivity index (χ0v) is 10.3. The van der Waals surface area contributed by atoms with Crippen LogP contribution in [0.5, 0.6) is 0 Å². The van der Waals surface area contributed by atoms with Crippen LogP contribution in [0.15, 0.2) is 0 Å². The molecule has 0 aromatic heterocycles. The maximum atomic E-state index is 12.0. The molecule has 6 heteroatoms. The van der Waals surface area contributed by atoms with Gasteiger partial charge in [-0.05, 0) is 13.0 Å². The van der Waals surface area contributed by atoms with Crippen molar-refractivity contribution in [3.05, 3.63) is 0 Å². The summed E-state index contributed by atoms with van der Waals surface area (Å²) in [5, 5.41) is 3.26. The molecule has 96 valence electrons. The number of likely N-dealkylation sites (N-methyl/N-ethyl adjacent to an activating group) is 1. The van der Waals surface area contributed by atoms with E-state index in [-0.39, 0.29) is 18.5 Å². The van der Waals surface area contributed by atoms with E-state index in [0.717, 1.165) is 32.6 Å². The minimum atomic E-state index is -0.0358. The second-order valence-corrected chi connectivity index (χ2v) is 4.61. The van der Waals surface area contributed by atoms with E-state index in [2.05, 4.69) is 5.32 Å². The monoisotopic (exact) mass is 240 g/mol. The minimum Gasteiger partial charge on any atom is -0.340 e. The fraction of sp³-hybridized carbons (Fsp3) is 0.818. The van der Waals surface area contributed by atoms with Gasteiger partial charge in [0, 0.05) is 39.8 Å². The van der Waals surface area contributed by atoms with Crippen LogP contribution in [0.4, 0.5) is 4.79 Å². The van der Waals surface area contributed by atoms with Gasteiger partial charge in [0.25, 0.3) is 0 Å². The highest BCUT2D eigenvalue weighted by Crippen LogP contribution is 2.07. The average molecular weight is 240 g/mol. The number of nitrogens with zero attached hydrogens (tertiary/aromatic N) is 3. The third kappa shape index (κ3) is 2.88. The molecule has 0 radical (unpaired) electrons. The van der Waals surface area contributed by atoms with Gasteiger partial charge >= 0.3 is 6.03 Å². The molecule has 0 aromatic carbocycles. The maximum Gasteiger partial charge on any atom is 0.320 e. The molecule has 2 heterocycles. The van der Waals surface area contributed by atoms with Crippen molar-refractivity contribution < 1.29 is 9.59 Å². The van der Waals surface area contributed by atoms with Gasteiger partial charge in [0.15, 0.2) is 0 Å². The number of amides is 3. The van der Waals surface area contributed by atoms with E-state index >= 15 is 0 Å². The fourth-order valence-corrected chi connectivity index (χ4v) is 2.21. The standard InChI is InChI=1S/C11H20N4O2/c1-13-7-8-15(11(13)17)9-10(16)14-5-2-3-12-4-6-14/h12H,2-9H2,1H3. The van der Waals surface area contributed by atoms with Gasteiger partial charge in [-0.3, -0.25) is 4.79 Å². The van der Waals surface area contributed by atoms with Gasteiger partial charge in [-0.15, -0.1) is 0 Å². The average Bonchev–Trinajstić information content (AvgIpc) is 2.59. The summed E-state index contributed by atoms with van der Waals surface area (Å²) in [6.07, 6.45) is 0.986. The summed E-state index contributed by atoms with van der Waals surface area (Å²) in [5.41, 5.74) is 0. The zero-order chi connectivity index (χ0) is 12.3. The van der Waals surface area contributed by atoms with Crippen LogP contribution in [0.3, 0.4) is 0 Å². The van der Waals surface area contributed by atoms with Crippen LogP contribution in [-0.2, 0) is 4.79 Å². The van der Waals surface area contributed by atoms with Crippen molar-refractivity contribution in [2.75, 3.05) is 52.9 Å². The van der Waals surface area contributed by atoms with Crippen LogP contribution in [0.25, 0.3) is 0 Å². The SMILES string of the molecule is CN1CCN(CC(=O)N2CCCNCC2)C1=O. The van der Waals surface area contributed by atoms with Crippen LogP contribution < -0.4 is 5.32 Å². The van der Waals surface area contributed by atoms with Gasteiger partial charge in [0.1, 0.15) is 6.54 Å². The topological polar surface area (TPSA) is 55.9 Å². The first-order valence-corrected chi connectivity index (χ1v) is 6.17. The Morgan fingerprint density at radius 2 is 2.06 bits per heavy atom. The smallest absolute Gasteiger partial charge is 0.320 e. The van der Waals surface area contributed by atoms with Crippen LogP contribution >= 0.6 is 0 Å². The molecule has 0 spiro atoms. The summed E-state index contributed by atoms with van der Waals surface area (Å²) in [7, 11) is 1.77. The highest BCUT2D eigenvalue weighted by atomic mass is 16.2. The maximum absolute atomic E-state index is 12.0. The number of nitrogens with one attached hydrogen (secondary N) is 1. The van der Waals surface area contributed by atoms with Gasteiger partial charge in [0.05, 0.1) is 0 Å². The van der Waals surface area contributed by atoms with E-state index in [1.165, 1.54) is 0 Å². The lowest BCUT2D eigenvalue weighted by molar-refractivity contribution is -0.131. The molecule has 2 rings (SSSR count). The molecule has 2 aliphatic rings. The van der Waals surface area contributed by atoms with E-state index in [0.29, 0.717) is 13.1 Å². The first-order chi connectivity index (χ1) is 8.18. The largest absolute Gasteiger partial charge is 0.340 e. The van der Waals surface area contributed by atoms with Crippen LogP contribution in [0.1, 0.15) is 6.42 Å². The number of urea groups is 1. The Morgan fingerprint density at radius 3 is 2.76 bits per heavy atom. The summed E-state index contributed by atoms with van der Waals surface area (Å²) < 4.78 is 0. The molecular formula is C11H20N4O2. The van der Waals surface area contributed by atoms with Crippen molar-refractivity contribution in [2.45, 2.75) is 6.42 Å². The lowest BCUT2D eigenvalue weighted by atomic mass is 10.3. The molecular weight excluding hydrogens is 220 g/mol. The van der Waals surface area contributed by atoms with E-state index in [9.17, 15) is 9.59 Å². The molecule has 0 aliphatic carbocycles. The molecule has 3 amide bonds. The Morgan fingerprint density at radius 1 is 1.24 bits per heavy atom. The normalized spacial score (nSPS) is 21.9. The van der Waals surface area contributed by atoms with Crippen molar-refractivity contribution >= 4 is 11.9 Å². The van der Waals surface area contributed by atoms with E-state index in [4.69, 9.17) is 0 Å². The predicted molar refractivity (Wildman–Crippen MR) is 63.7 cm³/mol. The van der Waals surface area contributed by atoms with Gasteiger partial charge in [-0.25, -0.2) is 4.79 Å². The molecule has 2 aliphatic heterocycles. The lowest BCUT2D eigenvalue weighted by Crippen LogP contribution is -2.43. The number of rotatable bonds is 2. The van der Waals surface area contributed by atoms with Crippen molar-refractivity contribution in [3.8, 4) is 0 Å². The van der Waals surface area contributed by atoms with Crippen LogP contribution in [0, 0.1) is 0 Å². The van der Waals surface area contributed by atoms with Crippen LogP contribution in [0.2, 0.25) is 0 Å². The number of hydrogen-bond acceptors (Lipinski definition) is 3. The number of carbonyl (C=O) groups is 2. The molecule has 0 aromatic rings. The first kappa shape index (κ1) is 12.2. The molecule has 1 N–H and O–H groups in total. The van der Waals surface area contributed by atoms with E-state index in [1.54, 1.807) is 16.8 Å². The van der Waals surface area contributed by atoms with Gasteiger partial charge in [-0.2, -0.15) is 0 Å². The Balaban J connectivity index is 1.85. The quantitative estimate of drug-likeness (QED) is 0.686. The number of carbonyl (C=O) groups excluding carboxylic acids is 2. The highest BCUT2D eigenvalue weighted by Gasteiger charge is 2.28. The van der Waals surface area contributed by atoms with E-state index < -0.39 is 0 Å². The molecule has 0 saturated carbocycles. The van der Waals surface area contributed by atoms with Crippen molar-refractivity contribution in [3.63, 3.8) is 0 Å². The Hall–Kier alpha value is -1.30. The summed E-state index contributed by atoms with van der Waals surface area (Å²) in [6.45, 7) is 4.96. The summed E-state index contributed by atoms with van der Waals surface area (Å²) >= 11 is 0. The Bertz CT molecular complexity index is 300. The second-order valence-electron chi connectivity index (χ2n) is 4.61. The first-order valence-electron chi connectivity index (χ1n) is 6.17. The molecule has 2 fully saturated rings. The minimum absolute atomic E-state index is 0.0358. The van der Waals surface area contributed by atoms with Gasteiger partial charge in [-0.1, -0.05) is 0 Å². The molecule has 2 saturated heterocycles. The predicted octanol–water partition coefficient (Wildman–Crippen LogP) is -0.824. The molecule has 17 heavy (non-hydrogen) atoms. The van der Waals surface area contributed by atoms with E-state index in [1.807, 2.05) is 4.90 Å². The molecule has 0 unspecified atom stereocenters. The summed E-state index contributed by atoms with van der Waals surface area (Å²) in [5.74, 6) is 0.0670. The highest BCUT2D eigenvalue weighted by molar-refractivity contribution is 5.85. The summed E-state index contributed by atoms with van der Waals surface area (Å²) in [6, 6.07) is -0.0358. The number of hydrogen-bond donors (Lipinski definition) is 1. The Labute approximate surface area is 102 Å². The van der Waals surface area contributed by atoms with Crippen LogP contribution in [-0.4, -0.2) is 79.5 Å². The van der Waals surface area contributed by atoms with Gasteiger partial charge < -0.3 is 20.0 Å². The third-order valence-electron chi connectivity index (χ3n) is 3.32. The Kier molecular flexibility index (Phi) is 3.83. The van der Waals surface area contributed by atoms with Gasteiger partial charge in [0.2, 0.25) is 5.91 Å². The second kappa shape index (κ2) is 5.35. The third-order valence-corrected chi connectivity index (χ3v) is 3.32. The molecule has 0 bridgehead atoms. The zero-order valence-electron chi connectivity index (χ0n) is 10.3. The lowest BCUT2D eigenvalue weighted by Gasteiger charge is -2.23. The van der Waals surface area contributed by atoms with Crippen molar-refractivity contribution in [1.82, 2.24) is 20.0 Å². The molecule has 0 atom stereocenters. The summed E-state index contributed by atoms with van der Waals surface area (Å²) in [4.78, 5) is 28.8. The van der Waals surface area contributed by atoms with Crippen molar-refractivity contribution in [2.24, 2.45) is 0 Å². The fourth-order valence-electron chi connectivity index (χ4n) is 2.21.